The minimum atomic E-state index is 0.154. The highest BCUT2D eigenvalue weighted by atomic mass is 14.2. The third kappa shape index (κ3) is 1.53. The minimum absolute atomic E-state index is 0.154. The highest BCUT2D eigenvalue weighted by Crippen LogP contribution is 2.32. The van der Waals surface area contributed by atoms with Crippen LogP contribution >= 0.6 is 0 Å². The van der Waals surface area contributed by atoms with Crippen LogP contribution in [0.5, 0.6) is 0 Å². The number of hydrogen-bond donors (Lipinski definition) is 0. The first-order valence-electron chi connectivity index (χ1n) is 6.71. The standard InChI is InChI=1S/C19H15/c1-19(2)10-9-16-14(12-19)11-18-15-6-4-3-5-13(15)7-8-17(16)18/h4-12H,1-2H3. The van der Waals surface area contributed by atoms with Gasteiger partial charge in [0.25, 0.3) is 0 Å². The molecule has 2 aliphatic carbocycles. The van der Waals surface area contributed by atoms with Crippen LogP contribution in [-0.2, 0) is 0 Å². The van der Waals surface area contributed by atoms with Crippen LogP contribution in [0.1, 0.15) is 13.8 Å². The summed E-state index contributed by atoms with van der Waals surface area (Å²) < 4.78 is 0. The number of allylic oxidation sites excluding steroid dienone is 4. The molecule has 0 aromatic heterocycles. The van der Waals surface area contributed by atoms with E-state index in [2.05, 4.69) is 68.5 Å². The first-order chi connectivity index (χ1) is 9.14. The molecule has 0 aliphatic heterocycles. The Morgan fingerprint density at radius 2 is 2.00 bits per heavy atom. The second-order valence-corrected chi connectivity index (χ2v) is 5.99. The van der Waals surface area contributed by atoms with Crippen LogP contribution in [0.3, 0.4) is 0 Å². The van der Waals surface area contributed by atoms with Gasteiger partial charge in [-0.25, -0.2) is 0 Å². The highest BCUT2D eigenvalue weighted by Gasteiger charge is 2.20. The summed E-state index contributed by atoms with van der Waals surface area (Å²) in [5.74, 6) is 0. The van der Waals surface area contributed by atoms with Gasteiger partial charge in [-0.3, -0.25) is 0 Å². The maximum absolute atomic E-state index is 3.15. The zero-order chi connectivity index (χ0) is 13.0. The van der Waals surface area contributed by atoms with Gasteiger partial charge in [0.15, 0.2) is 0 Å². The predicted octanol–water partition coefficient (Wildman–Crippen LogP) is 3.11. The van der Waals surface area contributed by atoms with Crippen molar-refractivity contribution in [1.29, 1.82) is 0 Å². The number of hydrogen-bond acceptors (Lipinski definition) is 0. The fourth-order valence-corrected chi connectivity index (χ4v) is 3.07. The number of benzene rings is 2. The van der Waals surface area contributed by atoms with Gasteiger partial charge in [-0.05, 0) is 50.6 Å². The average molecular weight is 243 g/mol. The average Bonchev–Trinajstić information content (AvgIpc) is 2.75. The summed E-state index contributed by atoms with van der Waals surface area (Å²) in [6.45, 7) is 4.49. The third-order valence-electron chi connectivity index (χ3n) is 4.01. The molecule has 0 spiro atoms. The Morgan fingerprint density at radius 3 is 2.89 bits per heavy atom. The molecule has 2 aromatic carbocycles. The van der Waals surface area contributed by atoms with Gasteiger partial charge < -0.3 is 0 Å². The van der Waals surface area contributed by atoms with Crippen molar-refractivity contribution >= 4 is 22.4 Å². The SMILES string of the molecule is CC1(C)C=CC2=c3ccc4c[c]ccc4c3=CC2=C1. The molecule has 2 aliphatic rings. The number of fused-ring (bicyclic) bond motifs is 4. The molecule has 0 unspecified atom stereocenters. The van der Waals surface area contributed by atoms with E-state index in [4.69, 9.17) is 0 Å². The quantitative estimate of drug-likeness (QED) is 0.667. The Morgan fingerprint density at radius 1 is 1.11 bits per heavy atom. The Labute approximate surface area is 113 Å². The van der Waals surface area contributed by atoms with Crippen LogP contribution in [0, 0.1) is 11.5 Å². The molecule has 0 N–H and O–H groups in total. The molecule has 0 fully saturated rings. The fraction of sp³-hybridized carbons (Fsp3) is 0.158. The molecule has 0 bridgehead atoms. The lowest BCUT2D eigenvalue weighted by Gasteiger charge is -2.21. The zero-order valence-corrected chi connectivity index (χ0v) is 11.2. The topological polar surface area (TPSA) is 0 Å². The zero-order valence-electron chi connectivity index (χ0n) is 11.2. The van der Waals surface area contributed by atoms with Crippen molar-refractivity contribution in [3.63, 3.8) is 0 Å². The Bertz CT molecular complexity index is 874. The molecule has 0 saturated carbocycles. The maximum atomic E-state index is 3.15. The van der Waals surface area contributed by atoms with Crippen LogP contribution in [0.4, 0.5) is 0 Å². The minimum Gasteiger partial charge on any atom is -0.0744 e. The second kappa shape index (κ2) is 3.48. The van der Waals surface area contributed by atoms with Gasteiger partial charge in [0.1, 0.15) is 0 Å². The van der Waals surface area contributed by atoms with Gasteiger partial charge in [0.05, 0.1) is 0 Å². The van der Waals surface area contributed by atoms with E-state index < -0.39 is 0 Å². The molecule has 0 nitrogen and oxygen atoms in total. The van der Waals surface area contributed by atoms with Crippen molar-refractivity contribution < 1.29 is 0 Å². The van der Waals surface area contributed by atoms with Gasteiger partial charge >= 0.3 is 0 Å². The lowest BCUT2D eigenvalue weighted by molar-refractivity contribution is 0.621. The molecule has 2 aromatic rings. The van der Waals surface area contributed by atoms with E-state index in [-0.39, 0.29) is 5.41 Å². The maximum Gasteiger partial charge on any atom is 0.00169 e. The molecule has 0 heteroatoms. The monoisotopic (exact) mass is 243 g/mol. The molecule has 0 heterocycles. The smallest absolute Gasteiger partial charge is 0.00169 e. The molecule has 4 rings (SSSR count). The van der Waals surface area contributed by atoms with E-state index in [0.29, 0.717) is 0 Å². The van der Waals surface area contributed by atoms with Gasteiger partial charge in [-0.15, -0.1) is 0 Å². The van der Waals surface area contributed by atoms with E-state index in [1.807, 2.05) is 6.07 Å². The van der Waals surface area contributed by atoms with Crippen molar-refractivity contribution in [2.75, 3.05) is 0 Å². The van der Waals surface area contributed by atoms with Crippen molar-refractivity contribution in [3.8, 4) is 0 Å². The van der Waals surface area contributed by atoms with Crippen molar-refractivity contribution in [2.45, 2.75) is 13.8 Å². The molecular weight excluding hydrogens is 228 g/mol. The molecule has 0 saturated heterocycles. The summed E-state index contributed by atoms with van der Waals surface area (Å²) in [5, 5.41) is 5.30. The second-order valence-electron chi connectivity index (χ2n) is 5.99. The Hall–Kier alpha value is -2.08. The lowest BCUT2D eigenvalue weighted by atomic mass is 9.84. The first kappa shape index (κ1) is 10.8. The van der Waals surface area contributed by atoms with E-state index in [9.17, 15) is 0 Å². The largest absolute Gasteiger partial charge is 0.0744 e. The van der Waals surface area contributed by atoms with Gasteiger partial charge in [0.2, 0.25) is 0 Å². The highest BCUT2D eigenvalue weighted by molar-refractivity contribution is 5.94. The summed E-state index contributed by atoms with van der Waals surface area (Å²) in [5.41, 5.74) is 2.88. The van der Waals surface area contributed by atoms with E-state index in [0.717, 1.165) is 0 Å². The number of rotatable bonds is 0. The Balaban J connectivity index is 2.17. The molecular formula is C19H15. The van der Waals surface area contributed by atoms with Crippen LogP contribution in [-0.4, -0.2) is 0 Å². The van der Waals surface area contributed by atoms with Crippen LogP contribution in [0.15, 0.2) is 54.1 Å². The van der Waals surface area contributed by atoms with Gasteiger partial charge in [0, 0.05) is 5.41 Å². The lowest BCUT2D eigenvalue weighted by Crippen LogP contribution is -2.23. The van der Waals surface area contributed by atoms with Gasteiger partial charge in [-0.1, -0.05) is 56.3 Å². The summed E-state index contributed by atoms with van der Waals surface area (Å²) in [6.07, 6.45) is 9.26. The molecule has 91 valence electrons. The van der Waals surface area contributed by atoms with Crippen molar-refractivity contribution in [2.24, 2.45) is 5.41 Å². The van der Waals surface area contributed by atoms with E-state index in [1.165, 1.54) is 32.4 Å². The van der Waals surface area contributed by atoms with E-state index >= 15 is 0 Å². The third-order valence-corrected chi connectivity index (χ3v) is 4.01. The molecule has 1 radical (unpaired) electrons. The van der Waals surface area contributed by atoms with Gasteiger partial charge in [-0.2, -0.15) is 0 Å². The van der Waals surface area contributed by atoms with Crippen molar-refractivity contribution in [3.05, 3.63) is 70.6 Å². The van der Waals surface area contributed by atoms with Crippen LogP contribution in [0.2, 0.25) is 0 Å². The molecule has 0 atom stereocenters. The Kier molecular flexibility index (Phi) is 1.98. The fourth-order valence-electron chi connectivity index (χ4n) is 3.07. The van der Waals surface area contributed by atoms with Crippen LogP contribution < -0.4 is 10.4 Å². The summed E-state index contributed by atoms with van der Waals surface area (Å²) >= 11 is 0. The first-order valence-corrected chi connectivity index (χ1v) is 6.71. The summed E-state index contributed by atoms with van der Waals surface area (Å²) in [7, 11) is 0. The predicted molar refractivity (Wildman–Crippen MR) is 80.9 cm³/mol. The van der Waals surface area contributed by atoms with E-state index in [1.54, 1.807) is 0 Å². The van der Waals surface area contributed by atoms with Crippen molar-refractivity contribution in [1.82, 2.24) is 0 Å². The molecule has 0 amide bonds. The normalized spacial score (nSPS) is 18.8. The molecule has 19 heavy (non-hydrogen) atoms. The summed E-state index contributed by atoms with van der Waals surface area (Å²) in [4.78, 5) is 0. The van der Waals surface area contributed by atoms with Crippen LogP contribution in [0.25, 0.3) is 22.4 Å². The summed E-state index contributed by atoms with van der Waals surface area (Å²) in [6, 6.07) is 13.8.